The van der Waals surface area contributed by atoms with Gasteiger partial charge in [0, 0.05) is 6.42 Å². The Hall–Kier alpha value is -0.830. The summed E-state index contributed by atoms with van der Waals surface area (Å²) in [5.41, 5.74) is 0. The number of hydrogen-bond acceptors (Lipinski definition) is 2. The Morgan fingerprint density at radius 3 is 2.09 bits per heavy atom. The third kappa shape index (κ3) is 9.17. The topological polar surface area (TPSA) is 37.3 Å². The first kappa shape index (κ1) is 10.2. The number of aliphatic carboxylic acids is 1. The third-order valence-corrected chi connectivity index (χ3v) is 1.52. The summed E-state index contributed by atoms with van der Waals surface area (Å²) in [4.78, 5) is 9.60. The maximum Gasteiger partial charge on any atom is 0.303 e. The van der Waals surface area contributed by atoms with E-state index >= 15 is 0 Å². The molecule has 2 nitrogen and oxygen atoms in total. The van der Waals surface area contributed by atoms with E-state index in [1.807, 2.05) is 29.8 Å². The van der Waals surface area contributed by atoms with E-state index in [1.54, 1.807) is 11.3 Å². The maximum atomic E-state index is 9.60. The lowest BCUT2D eigenvalue weighted by Gasteiger charge is -1.79. The minimum absolute atomic E-state index is 0.292. The van der Waals surface area contributed by atoms with Gasteiger partial charge in [0.2, 0.25) is 0 Å². The van der Waals surface area contributed by atoms with Gasteiger partial charge in [-0.2, -0.15) is 11.3 Å². The number of hydrogen-bond donors (Lipinski definition) is 1. The van der Waals surface area contributed by atoms with Crippen LogP contribution in [-0.2, 0) is 4.79 Å². The van der Waals surface area contributed by atoms with Crippen molar-refractivity contribution in [3.63, 3.8) is 0 Å². The monoisotopic (exact) mass is 172 g/mol. The van der Waals surface area contributed by atoms with Gasteiger partial charge in [-0.25, -0.2) is 0 Å². The molecule has 1 aromatic heterocycles. The van der Waals surface area contributed by atoms with Crippen LogP contribution >= 0.6 is 11.3 Å². The fourth-order valence-corrected chi connectivity index (χ4v) is 0.894. The van der Waals surface area contributed by atoms with Crippen LogP contribution in [0.15, 0.2) is 22.9 Å². The van der Waals surface area contributed by atoms with Gasteiger partial charge in [0.05, 0.1) is 0 Å². The molecule has 0 fully saturated rings. The van der Waals surface area contributed by atoms with Gasteiger partial charge >= 0.3 is 5.97 Å². The zero-order chi connectivity index (χ0) is 8.53. The molecule has 0 aliphatic carbocycles. The largest absolute Gasteiger partial charge is 0.481 e. The lowest BCUT2D eigenvalue weighted by atomic mass is 10.4. The molecule has 3 heteroatoms. The summed E-state index contributed by atoms with van der Waals surface area (Å²) in [5.74, 6) is -0.711. The fourth-order valence-electron chi connectivity index (χ4n) is 0.441. The second kappa shape index (κ2) is 7.28. The summed E-state index contributed by atoms with van der Waals surface area (Å²) < 4.78 is 0. The molecule has 1 heterocycles. The smallest absolute Gasteiger partial charge is 0.303 e. The molecule has 62 valence electrons. The van der Waals surface area contributed by atoms with Crippen molar-refractivity contribution in [2.75, 3.05) is 0 Å². The molecular weight excluding hydrogens is 160 g/mol. The maximum absolute atomic E-state index is 9.60. The Balaban J connectivity index is 0.000000183. The van der Waals surface area contributed by atoms with Crippen LogP contribution in [0.3, 0.4) is 0 Å². The quantitative estimate of drug-likeness (QED) is 0.744. The van der Waals surface area contributed by atoms with Crippen molar-refractivity contribution in [3.05, 3.63) is 22.9 Å². The summed E-state index contributed by atoms with van der Waals surface area (Å²) in [6.45, 7) is 1.84. The lowest BCUT2D eigenvalue weighted by Crippen LogP contribution is -1.90. The molecule has 1 aromatic rings. The fraction of sp³-hybridized carbons (Fsp3) is 0.375. The average Bonchev–Trinajstić information content (AvgIpc) is 2.41. The van der Waals surface area contributed by atoms with Crippen molar-refractivity contribution in [2.45, 2.75) is 19.8 Å². The molecule has 0 aliphatic heterocycles. The highest BCUT2D eigenvalue weighted by Gasteiger charge is 1.87. The molecule has 11 heavy (non-hydrogen) atoms. The molecule has 0 saturated heterocycles. The van der Waals surface area contributed by atoms with E-state index < -0.39 is 5.97 Å². The summed E-state index contributed by atoms with van der Waals surface area (Å²) in [5, 5.41) is 12.0. The highest BCUT2D eigenvalue weighted by atomic mass is 32.1. The minimum atomic E-state index is -0.711. The van der Waals surface area contributed by atoms with E-state index in [0.717, 1.165) is 6.42 Å². The Bertz CT molecular complexity index is 153. The van der Waals surface area contributed by atoms with Crippen molar-refractivity contribution in [2.24, 2.45) is 0 Å². The van der Waals surface area contributed by atoms with Crippen molar-refractivity contribution >= 4 is 17.3 Å². The predicted octanol–water partition coefficient (Wildman–Crippen LogP) is 2.62. The molecule has 0 atom stereocenters. The molecule has 0 saturated carbocycles. The first-order valence-electron chi connectivity index (χ1n) is 3.46. The zero-order valence-electron chi connectivity index (χ0n) is 6.49. The van der Waals surface area contributed by atoms with Crippen molar-refractivity contribution < 1.29 is 9.90 Å². The lowest BCUT2D eigenvalue weighted by molar-refractivity contribution is -0.137. The van der Waals surface area contributed by atoms with E-state index in [-0.39, 0.29) is 0 Å². The van der Waals surface area contributed by atoms with Crippen LogP contribution in [0.4, 0.5) is 0 Å². The second-order valence-electron chi connectivity index (χ2n) is 1.94. The van der Waals surface area contributed by atoms with E-state index in [9.17, 15) is 4.79 Å². The molecule has 0 aromatic carbocycles. The molecule has 0 amide bonds. The van der Waals surface area contributed by atoms with Crippen LogP contribution in [0.5, 0.6) is 0 Å². The third-order valence-electron chi connectivity index (χ3n) is 0.889. The predicted molar refractivity (Wildman–Crippen MR) is 46.9 cm³/mol. The Morgan fingerprint density at radius 1 is 1.45 bits per heavy atom. The second-order valence-corrected chi connectivity index (χ2v) is 2.75. The van der Waals surface area contributed by atoms with Crippen LogP contribution in [0.25, 0.3) is 0 Å². The summed E-state index contributed by atoms with van der Waals surface area (Å²) in [7, 11) is 0. The van der Waals surface area contributed by atoms with Crippen LogP contribution in [-0.4, -0.2) is 11.1 Å². The average molecular weight is 172 g/mol. The SMILES string of the molecule is CCCC(=O)O.c1ccsc1. The molecule has 1 rings (SSSR count). The van der Waals surface area contributed by atoms with Gasteiger partial charge in [0.25, 0.3) is 0 Å². The highest BCUT2D eigenvalue weighted by Crippen LogP contribution is 1.91. The number of carbonyl (C=O) groups is 1. The van der Waals surface area contributed by atoms with E-state index in [4.69, 9.17) is 5.11 Å². The van der Waals surface area contributed by atoms with Crippen LogP contribution < -0.4 is 0 Å². The van der Waals surface area contributed by atoms with Crippen molar-refractivity contribution in [1.29, 1.82) is 0 Å². The molecule has 0 bridgehead atoms. The molecule has 0 radical (unpaired) electrons. The first-order chi connectivity index (χ1) is 5.27. The van der Waals surface area contributed by atoms with E-state index in [1.165, 1.54) is 0 Å². The van der Waals surface area contributed by atoms with Crippen molar-refractivity contribution in [1.82, 2.24) is 0 Å². The number of thiophene rings is 1. The molecule has 0 aliphatic rings. The van der Waals surface area contributed by atoms with Gasteiger partial charge in [0.15, 0.2) is 0 Å². The molecule has 1 N–H and O–H groups in total. The van der Waals surface area contributed by atoms with E-state index in [2.05, 4.69) is 0 Å². The van der Waals surface area contributed by atoms with Crippen molar-refractivity contribution in [3.8, 4) is 0 Å². The molecule has 0 spiro atoms. The van der Waals surface area contributed by atoms with Gasteiger partial charge in [0.1, 0.15) is 0 Å². The Labute approximate surface area is 70.5 Å². The summed E-state index contributed by atoms with van der Waals surface area (Å²) in [6, 6.07) is 4.04. The van der Waals surface area contributed by atoms with Crippen LogP contribution in [0.2, 0.25) is 0 Å². The van der Waals surface area contributed by atoms with Gasteiger partial charge in [-0.05, 0) is 17.2 Å². The van der Waals surface area contributed by atoms with Crippen LogP contribution in [0.1, 0.15) is 19.8 Å². The van der Waals surface area contributed by atoms with Crippen LogP contribution in [0, 0.1) is 0 Å². The molecule has 0 unspecified atom stereocenters. The number of carboxylic acid groups (broad SMARTS) is 1. The van der Waals surface area contributed by atoms with Gasteiger partial charge in [-0.1, -0.05) is 19.1 Å². The van der Waals surface area contributed by atoms with Gasteiger partial charge in [-0.15, -0.1) is 0 Å². The van der Waals surface area contributed by atoms with Gasteiger partial charge in [-0.3, -0.25) is 4.79 Å². The Morgan fingerprint density at radius 2 is 2.00 bits per heavy atom. The van der Waals surface area contributed by atoms with E-state index in [0.29, 0.717) is 6.42 Å². The minimum Gasteiger partial charge on any atom is -0.481 e. The van der Waals surface area contributed by atoms with Gasteiger partial charge < -0.3 is 5.11 Å². The number of carboxylic acids is 1. The Kier molecular flexibility index (Phi) is 6.73. The first-order valence-corrected chi connectivity index (χ1v) is 4.40. The zero-order valence-corrected chi connectivity index (χ0v) is 7.30. The standard InChI is InChI=1S/C4H8O2.C4H4S/c1-2-3-4(5)6;1-2-4-5-3-1/h2-3H2,1H3,(H,5,6);1-4H. The summed E-state index contributed by atoms with van der Waals surface area (Å²) >= 11 is 1.71. The normalized spacial score (nSPS) is 8.09. The molecular formula is C8H12O2S. The number of rotatable bonds is 2. The summed E-state index contributed by atoms with van der Waals surface area (Å²) in [6.07, 6.45) is 1.02. The highest BCUT2D eigenvalue weighted by molar-refractivity contribution is 7.07.